The fourth-order valence-electron chi connectivity index (χ4n) is 1.77. The van der Waals surface area contributed by atoms with E-state index in [9.17, 15) is 0 Å². The molecule has 0 aliphatic heterocycles. The predicted molar refractivity (Wildman–Crippen MR) is 79.1 cm³/mol. The molecule has 0 saturated heterocycles. The molecular weight excluding hydrogens is 329 g/mol. The molecule has 96 valence electrons. The van der Waals surface area contributed by atoms with Gasteiger partial charge in [0.1, 0.15) is 0 Å². The molecule has 1 rings (SSSR count). The lowest BCUT2D eigenvalue weighted by molar-refractivity contribution is 0.349. The zero-order valence-electron chi connectivity index (χ0n) is 10.9. The van der Waals surface area contributed by atoms with Gasteiger partial charge in [-0.05, 0) is 68.2 Å². The molecular formula is C13H20INO2. The molecule has 1 aromatic carbocycles. The fraction of sp³-hybridized carbons (Fsp3) is 0.538. The summed E-state index contributed by atoms with van der Waals surface area (Å²) in [5, 5.41) is 0. The number of nitrogens with zero attached hydrogens (tertiary/aromatic N) is 1. The van der Waals surface area contributed by atoms with Crippen LogP contribution in [0.5, 0.6) is 11.5 Å². The molecule has 0 spiro atoms. The highest BCUT2D eigenvalue weighted by atomic mass is 127. The van der Waals surface area contributed by atoms with Crippen molar-refractivity contribution in [2.75, 3.05) is 34.9 Å². The van der Waals surface area contributed by atoms with Gasteiger partial charge in [0, 0.05) is 9.13 Å². The van der Waals surface area contributed by atoms with Crippen molar-refractivity contribution in [2.45, 2.75) is 12.8 Å². The van der Waals surface area contributed by atoms with E-state index in [1.807, 2.05) is 6.07 Å². The monoisotopic (exact) mass is 349 g/mol. The largest absolute Gasteiger partial charge is 0.493 e. The van der Waals surface area contributed by atoms with E-state index >= 15 is 0 Å². The SMILES string of the molecule is COc1ccc(I)c(CCCN(C)C)c1OC. The van der Waals surface area contributed by atoms with Gasteiger partial charge in [-0.15, -0.1) is 0 Å². The van der Waals surface area contributed by atoms with Gasteiger partial charge in [0.2, 0.25) is 0 Å². The summed E-state index contributed by atoms with van der Waals surface area (Å²) in [7, 11) is 7.55. The van der Waals surface area contributed by atoms with Gasteiger partial charge in [-0.2, -0.15) is 0 Å². The number of ether oxygens (including phenoxy) is 2. The molecule has 0 amide bonds. The zero-order chi connectivity index (χ0) is 12.8. The minimum absolute atomic E-state index is 0.813. The average molecular weight is 349 g/mol. The van der Waals surface area contributed by atoms with Crippen molar-refractivity contribution in [3.63, 3.8) is 0 Å². The molecule has 0 heterocycles. The van der Waals surface area contributed by atoms with E-state index in [0.717, 1.165) is 30.9 Å². The van der Waals surface area contributed by atoms with E-state index in [1.165, 1.54) is 9.13 Å². The van der Waals surface area contributed by atoms with Crippen molar-refractivity contribution >= 4 is 22.6 Å². The molecule has 0 atom stereocenters. The lowest BCUT2D eigenvalue weighted by Crippen LogP contribution is -2.14. The number of methoxy groups -OCH3 is 2. The summed E-state index contributed by atoms with van der Waals surface area (Å²) in [6.45, 7) is 1.08. The Balaban J connectivity index is 2.87. The van der Waals surface area contributed by atoms with Gasteiger partial charge in [-0.25, -0.2) is 0 Å². The molecule has 17 heavy (non-hydrogen) atoms. The van der Waals surface area contributed by atoms with E-state index in [-0.39, 0.29) is 0 Å². The molecule has 0 radical (unpaired) electrons. The zero-order valence-corrected chi connectivity index (χ0v) is 13.1. The first-order valence-corrected chi connectivity index (χ1v) is 6.72. The van der Waals surface area contributed by atoms with Crippen LogP contribution in [-0.2, 0) is 6.42 Å². The van der Waals surface area contributed by atoms with Gasteiger partial charge >= 0.3 is 0 Å². The number of hydrogen-bond acceptors (Lipinski definition) is 3. The van der Waals surface area contributed by atoms with Crippen LogP contribution in [0.1, 0.15) is 12.0 Å². The van der Waals surface area contributed by atoms with Crippen LogP contribution in [0.15, 0.2) is 12.1 Å². The Morgan fingerprint density at radius 2 is 1.88 bits per heavy atom. The van der Waals surface area contributed by atoms with Crippen LogP contribution in [0.2, 0.25) is 0 Å². The standard InChI is InChI=1S/C13H20INO2/c1-15(2)9-5-6-10-11(14)7-8-12(16-3)13(10)17-4/h7-8H,5-6,9H2,1-4H3. The van der Waals surface area contributed by atoms with Crippen LogP contribution >= 0.6 is 22.6 Å². The Kier molecular flexibility index (Phi) is 6.05. The highest BCUT2D eigenvalue weighted by molar-refractivity contribution is 14.1. The molecule has 0 aliphatic rings. The quantitative estimate of drug-likeness (QED) is 0.738. The van der Waals surface area contributed by atoms with E-state index in [0.29, 0.717) is 0 Å². The molecule has 3 nitrogen and oxygen atoms in total. The highest BCUT2D eigenvalue weighted by Gasteiger charge is 2.13. The van der Waals surface area contributed by atoms with Crippen molar-refractivity contribution in [1.82, 2.24) is 4.90 Å². The lowest BCUT2D eigenvalue weighted by atomic mass is 10.1. The third-order valence-corrected chi connectivity index (χ3v) is 3.63. The van der Waals surface area contributed by atoms with E-state index in [2.05, 4.69) is 47.7 Å². The third-order valence-electron chi connectivity index (χ3n) is 2.62. The smallest absolute Gasteiger partial charge is 0.164 e. The first kappa shape index (κ1) is 14.6. The molecule has 1 aromatic rings. The average Bonchev–Trinajstić information content (AvgIpc) is 2.30. The Labute approximate surface area is 117 Å². The molecule has 0 unspecified atom stereocenters. The molecule has 0 aromatic heterocycles. The molecule has 0 N–H and O–H groups in total. The minimum atomic E-state index is 0.813. The molecule has 0 saturated carbocycles. The topological polar surface area (TPSA) is 21.7 Å². The van der Waals surface area contributed by atoms with Crippen LogP contribution in [0.3, 0.4) is 0 Å². The van der Waals surface area contributed by atoms with Crippen molar-refractivity contribution in [1.29, 1.82) is 0 Å². The summed E-state index contributed by atoms with van der Waals surface area (Å²) in [4.78, 5) is 2.19. The van der Waals surface area contributed by atoms with Crippen LogP contribution in [0, 0.1) is 3.57 Å². The summed E-state index contributed by atoms with van der Waals surface area (Å²) in [5.41, 5.74) is 1.24. The maximum atomic E-state index is 5.46. The summed E-state index contributed by atoms with van der Waals surface area (Å²) in [6.07, 6.45) is 2.13. The van der Waals surface area contributed by atoms with Crippen molar-refractivity contribution in [3.8, 4) is 11.5 Å². The van der Waals surface area contributed by atoms with Crippen molar-refractivity contribution < 1.29 is 9.47 Å². The van der Waals surface area contributed by atoms with E-state index in [4.69, 9.17) is 9.47 Å². The molecule has 0 bridgehead atoms. The summed E-state index contributed by atoms with van der Waals surface area (Å²) in [5.74, 6) is 1.69. The normalized spacial score (nSPS) is 10.7. The van der Waals surface area contributed by atoms with E-state index in [1.54, 1.807) is 14.2 Å². The van der Waals surface area contributed by atoms with Crippen LogP contribution in [0.4, 0.5) is 0 Å². The third kappa shape index (κ3) is 4.03. The summed E-state index contributed by atoms with van der Waals surface area (Å²) < 4.78 is 12.0. The highest BCUT2D eigenvalue weighted by Crippen LogP contribution is 2.34. The second-order valence-corrected chi connectivity index (χ2v) is 5.33. The number of halogens is 1. The Morgan fingerprint density at radius 1 is 1.18 bits per heavy atom. The van der Waals surface area contributed by atoms with Crippen molar-refractivity contribution in [2.24, 2.45) is 0 Å². The number of benzene rings is 1. The van der Waals surface area contributed by atoms with Gasteiger partial charge in [-0.3, -0.25) is 0 Å². The van der Waals surface area contributed by atoms with Gasteiger partial charge in [0.15, 0.2) is 11.5 Å². The van der Waals surface area contributed by atoms with Crippen molar-refractivity contribution in [3.05, 3.63) is 21.3 Å². The molecule has 0 fully saturated rings. The minimum Gasteiger partial charge on any atom is -0.493 e. The molecule has 4 heteroatoms. The van der Waals surface area contributed by atoms with Gasteiger partial charge < -0.3 is 14.4 Å². The first-order chi connectivity index (χ1) is 8.10. The summed E-state index contributed by atoms with van der Waals surface area (Å²) in [6, 6.07) is 4.03. The van der Waals surface area contributed by atoms with Gasteiger partial charge in [-0.1, -0.05) is 0 Å². The first-order valence-electron chi connectivity index (χ1n) is 5.64. The fourth-order valence-corrected chi connectivity index (χ4v) is 2.47. The van der Waals surface area contributed by atoms with Gasteiger partial charge in [0.25, 0.3) is 0 Å². The lowest BCUT2D eigenvalue weighted by Gasteiger charge is -2.15. The number of rotatable bonds is 6. The van der Waals surface area contributed by atoms with Gasteiger partial charge in [0.05, 0.1) is 14.2 Å². The maximum absolute atomic E-state index is 5.46. The molecule has 0 aliphatic carbocycles. The maximum Gasteiger partial charge on any atom is 0.164 e. The second-order valence-electron chi connectivity index (χ2n) is 4.17. The van der Waals surface area contributed by atoms with Crippen LogP contribution in [0.25, 0.3) is 0 Å². The predicted octanol–water partition coefficient (Wildman–Crippen LogP) is 2.80. The Bertz CT molecular complexity index is 367. The number of hydrogen-bond donors (Lipinski definition) is 0. The summed E-state index contributed by atoms with van der Waals surface area (Å²) >= 11 is 2.35. The van der Waals surface area contributed by atoms with E-state index < -0.39 is 0 Å². The second kappa shape index (κ2) is 7.06. The Hall–Kier alpha value is -0.490. The van der Waals surface area contributed by atoms with Crippen LogP contribution < -0.4 is 9.47 Å². The Morgan fingerprint density at radius 3 is 2.41 bits per heavy atom. The van der Waals surface area contributed by atoms with Crippen LogP contribution in [-0.4, -0.2) is 39.8 Å².